The average Bonchev–Trinajstić information content (AvgIpc) is 2.98. The van der Waals surface area contributed by atoms with E-state index in [1.54, 1.807) is 31.2 Å². The number of benzene rings is 1. The summed E-state index contributed by atoms with van der Waals surface area (Å²) in [5.74, 6) is -1.07. The summed E-state index contributed by atoms with van der Waals surface area (Å²) in [5.41, 5.74) is 5.10. The van der Waals surface area contributed by atoms with Gasteiger partial charge in [0.1, 0.15) is 11.6 Å². The Kier molecular flexibility index (Phi) is 4.74. The van der Waals surface area contributed by atoms with E-state index >= 15 is 0 Å². The summed E-state index contributed by atoms with van der Waals surface area (Å²) < 4.78 is 2.47. The highest BCUT2D eigenvalue weighted by Crippen LogP contribution is 2.20. The number of nitriles is 1. The number of aryl methyl sites for hydroxylation is 1. The summed E-state index contributed by atoms with van der Waals surface area (Å²) in [7, 11) is 0. The molecule has 0 unspecified atom stereocenters. The van der Waals surface area contributed by atoms with E-state index in [1.165, 1.54) is 4.68 Å². The van der Waals surface area contributed by atoms with Crippen LogP contribution in [0.1, 0.15) is 27.3 Å². The van der Waals surface area contributed by atoms with Gasteiger partial charge in [-0.3, -0.25) is 19.7 Å². The number of amides is 1. The van der Waals surface area contributed by atoms with Crippen LogP contribution in [0.4, 0.5) is 5.69 Å². The topological polar surface area (TPSA) is 150 Å². The monoisotopic (exact) mass is 378 g/mol. The first kappa shape index (κ1) is 18.5. The third-order valence-corrected chi connectivity index (χ3v) is 4.14. The molecule has 2 heterocycles. The molecule has 1 amide bonds. The molecule has 0 aliphatic rings. The average molecular weight is 378 g/mol. The lowest BCUT2D eigenvalue weighted by Gasteiger charge is -2.11. The Hall–Kier alpha value is -4.26. The minimum Gasteiger partial charge on any atom is -0.365 e. The Bertz CT molecular complexity index is 1190. The Labute approximate surface area is 158 Å². The van der Waals surface area contributed by atoms with Crippen LogP contribution in [0.5, 0.6) is 0 Å². The van der Waals surface area contributed by atoms with Gasteiger partial charge in [-0.2, -0.15) is 10.4 Å². The minimum absolute atomic E-state index is 0.209. The summed E-state index contributed by atoms with van der Waals surface area (Å²) in [6.45, 7) is 1.44. The third kappa shape index (κ3) is 3.24. The van der Waals surface area contributed by atoms with Gasteiger partial charge in [0.25, 0.3) is 17.2 Å². The molecule has 0 atom stereocenters. The van der Waals surface area contributed by atoms with Crippen molar-refractivity contribution in [2.24, 2.45) is 5.73 Å². The van der Waals surface area contributed by atoms with Gasteiger partial charge in [0, 0.05) is 6.07 Å². The number of carbonyl (C=O) groups is 1. The highest BCUT2D eigenvalue weighted by Gasteiger charge is 2.21. The molecule has 3 aromatic rings. The summed E-state index contributed by atoms with van der Waals surface area (Å²) >= 11 is 0. The van der Waals surface area contributed by atoms with E-state index in [1.807, 2.05) is 12.1 Å². The quantitative estimate of drug-likeness (QED) is 0.522. The van der Waals surface area contributed by atoms with Crippen LogP contribution in [0.2, 0.25) is 0 Å². The highest BCUT2D eigenvalue weighted by atomic mass is 16.6. The van der Waals surface area contributed by atoms with Crippen LogP contribution in [0.25, 0.3) is 5.69 Å². The molecule has 0 fully saturated rings. The van der Waals surface area contributed by atoms with Gasteiger partial charge in [-0.15, -0.1) is 0 Å². The van der Waals surface area contributed by atoms with Gasteiger partial charge < -0.3 is 10.3 Å². The molecule has 0 spiro atoms. The van der Waals surface area contributed by atoms with Crippen molar-refractivity contribution in [1.29, 1.82) is 5.26 Å². The van der Waals surface area contributed by atoms with Crippen molar-refractivity contribution in [3.05, 3.63) is 85.6 Å². The van der Waals surface area contributed by atoms with Crippen molar-refractivity contribution in [2.45, 2.75) is 13.5 Å². The molecule has 0 saturated carbocycles. The summed E-state index contributed by atoms with van der Waals surface area (Å²) in [5, 5.41) is 25.0. The Balaban J connectivity index is 2.23. The van der Waals surface area contributed by atoms with Crippen LogP contribution in [-0.2, 0) is 6.54 Å². The lowest BCUT2D eigenvalue weighted by Crippen LogP contribution is -2.30. The van der Waals surface area contributed by atoms with Gasteiger partial charge in [0.2, 0.25) is 0 Å². The van der Waals surface area contributed by atoms with E-state index in [0.717, 1.165) is 16.8 Å². The molecule has 28 heavy (non-hydrogen) atoms. The molecule has 0 aliphatic heterocycles. The van der Waals surface area contributed by atoms with Crippen LogP contribution in [-0.4, -0.2) is 25.2 Å². The fourth-order valence-electron chi connectivity index (χ4n) is 2.82. The van der Waals surface area contributed by atoms with E-state index < -0.39 is 27.6 Å². The van der Waals surface area contributed by atoms with Crippen molar-refractivity contribution >= 4 is 11.6 Å². The number of carbonyl (C=O) groups excluding carboxylic acids is 1. The van der Waals surface area contributed by atoms with Crippen LogP contribution < -0.4 is 11.3 Å². The molecule has 2 N–H and O–H groups in total. The lowest BCUT2D eigenvalue weighted by molar-refractivity contribution is -0.385. The molecular formula is C18H14N6O4. The number of hydrogen-bond acceptors (Lipinski definition) is 6. The molecule has 3 rings (SSSR count). The fraction of sp³-hybridized carbons (Fsp3) is 0.111. The zero-order chi connectivity index (χ0) is 20.4. The van der Waals surface area contributed by atoms with Gasteiger partial charge in [0.15, 0.2) is 0 Å². The SMILES string of the molecule is Cc1nn(-c2ccccc2)c(Cn2cc([N+](=O)[O-])cc(C(N)=O)c2=O)c1C#N. The number of pyridine rings is 1. The first-order chi connectivity index (χ1) is 13.3. The number of para-hydroxylation sites is 1. The van der Waals surface area contributed by atoms with Gasteiger partial charge >= 0.3 is 0 Å². The van der Waals surface area contributed by atoms with E-state index in [4.69, 9.17) is 5.73 Å². The fourth-order valence-corrected chi connectivity index (χ4v) is 2.82. The number of nitrogens with two attached hydrogens (primary N) is 1. The van der Waals surface area contributed by atoms with Crippen molar-refractivity contribution < 1.29 is 9.72 Å². The number of aromatic nitrogens is 3. The molecular weight excluding hydrogens is 364 g/mol. The Morgan fingerprint density at radius 3 is 2.61 bits per heavy atom. The maximum Gasteiger partial charge on any atom is 0.286 e. The van der Waals surface area contributed by atoms with Crippen molar-refractivity contribution in [3.8, 4) is 11.8 Å². The van der Waals surface area contributed by atoms with Gasteiger partial charge in [-0.05, 0) is 19.1 Å². The standard InChI is InChI=1S/C18H14N6O4/c1-11-15(8-19)16(23(21-11)12-5-3-2-4-6-12)10-22-9-13(24(27)28)7-14(17(20)25)18(22)26/h2-7,9H,10H2,1H3,(H2,20,25). The minimum atomic E-state index is -1.07. The van der Waals surface area contributed by atoms with E-state index in [-0.39, 0.29) is 12.1 Å². The second-order valence-electron chi connectivity index (χ2n) is 5.93. The third-order valence-electron chi connectivity index (χ3n) is 4.14. The first-order valence-corrected chi connectivity index (χ1v) is 8.06. The number of primary amides is 1. The predicted octanol–water partition coefficient (Wildman–Crippen LogP) is 1.27. The van der Waals surface area contributed by atoms with E-state index in [2.05, 4.69) is 5.10 Å². The molecule has 0 aliphatic carbocycles. The molecule has 10 nitrogen and oxygen atoms in total. The number of nitro groups is 1. The van der Waals surface area contributed by atoms with E-state index in [0.29, 0.717) is 17.1 Å². The molecule has 140 valence electrons. The highest BCUT2D eigenvalue weighted by molar-refractivity contribution is 5.92. The smallest absolute Gasteiger partial charge is 0.286 e. The van der Waals surface area contributed by atoms with Crippen LogP contribution in [0.15, 0.2) is 47.4 Å². The molecule has 0 saturated heterocycles. The van der Waals surface area contributed by atoms with Gasteiger partial charge in [-0.1, -0.05) is 18.2 Å². The second-order valence-corrected chi connectivity index (χ2v) is 5.93. The van der Waals surface area contributed by atoms with Crippen molar-refractivity contribution in [1.82, 2.24) is 14.3 Å². The molecule has 0 radical (unpaired) electrons. The Morgan fingerprint density at radius 2 is 2.04 bits per heavy atom. The van der Waals surface area contributed by atoms with Crippen LogP contribution in [0.3, 0.4) is 0 Å². The summed E-state index contributed by atoms with van der Waals surface area (Å²) in [6.07, 6.45) is 1.01. The molecule has 1 aromatic carbocycles. The molecule has 10 heteroatoms. The molecule has 0 bridgehead atoms. The summed E-state index contributed by atoms with van der Waals surface area (Å²) in [4.78, 5) is 34.6. The van der Waals surface area contributed by atoms with E-state index in [9.17, 15) is 25.0 Å². The summed E-state index contributed by atoms with van der Waals surface area (Å²) in [6, 6.07) is 11.8. The maximum atomic E-state index is 12.6. The Morgan fingerprint density at radius 1 is 1.36 bits per heavy atom. The second kappa shape index (κ2) is 7.16. The predicted molar refractivity (Wildman–Crippen MR) is 98.0 cm³/mol. The first-order valence-electron chi connectivity index (χ1n) is 8.06. The number of hydrogen-bond donors (Lipinski definition) is 1. The lowest BCUT2D eigenvalue weighted by atomic mass is 10.2. The largest absolute Gasteiger partial charge is 0.365 e. The van der Waals surface area contributed by atoms with Gasteiger partial charge in [-0.25, -0.2) is 4.68 Å². The molecule has 2 aromatic heterocycles. The van der Waals surface area contributed by atoms with Crippen LogP contribution >= 0.6 is 0 Å². The normalized spacial score (nSPS) is 10.4. The number of rotatable bonds is 5. The maximum absolute atomic E-state index is 12.6. The number of nitrogens with zero attached hydrogens (tertiary/aromatic N) is 5. The zero-order valence-electron chi connectivity index (χ0n) is 14.7. The van der Waals surface area contributed by atoms with Crippen LogP contribution in [0, 0.1) is 28.4 Å². The van der Waals surface area contributed by atoms with Gasteiger partial charge in [0.05, 0.1) is 40.3 Å². The zero-order valence-corrected chi connectivity index (χ0v) is 14.7. The van der Waals surface area contributed by atoms with Crippen molar-refractivity contribution in [3.63, 3.8) is 0 Å². The van der Waals surface area contributed by atoms with Crippen molar-refractivity contribution in [2.75, 3.05) is 0 Å².